The van der Waals surface area contributed by atoms with E-state index in [1.54, 1.807) is 0 Å². The quantitative estimate of drug-likeness (QED) is 0.181. The summed E-state index contributed by atoms with van der Waals surface area (Å²) in [6.45, 7) is 4.67. The summed E-state index contributed by atoms with van der Waals surface area (Å²) in [4.78, 5) is 11.1. The average Bonchev–Trinajstić information content (AvgIpc) is 3.90. The molecule has 57 heavy (non-hydrogen) atoms. The molecule has 8 aromatic carbocycles. The fraction of sp³-hybridized carbons (Fsp3) is 0.0566. The van der Waals surface area contributed by atoms with E-state index < -0.39 is 0 Å². The Morgan fingerprint density at radius 2 is 1.16 bits per heavy atom. The maximum Gasteiger partial charge on any atom is 0.235 e. The number of rotatable bonds is 4. The molecule has 0 bridgehead atoms. The van der Waals surface area contributed by atoms with Crippen molar-refractivity contribution in [2.75, 3.05) is 0 Å². The molecule has 0 spiro atoms. The van der Waals surface area contributed by atoms with Crippen LogP contribution < -0.4 is 0 Å². The Labute approximate surface area is 329 Å². The van der Waals surface area contributed by atoms with Gasteiger partial charge in [0.15, 0.2) is 0 Å². The lowest BCUT2D eigenvalue weighted by Crippen LogP contribution is -2.18. The lowest BCUT2D eigenvalue weighted by atomic mass is 9.76. The van der Waals surface area contributed by atoms with E-state index in [4.69, 9.17) is 14.4 Å². The Balaban J connectivity index is 1.12. The van der Waals surface area contributed by atoms with Gasteiger partial charge in [-0.25, -0.2) is 9.97 Å². The first kappa shape index (κ1) is 32.0. The number of hydrogen-bond donors (Lipinski definition) is 0. The zero-order valence-electron chi connectivity index (χ0n) is 31.5. The molecule has 12 rings (SSSR count). The van der Waals surface area contributed by atoms with Crippen molar-refractivity contribution in [3.63, 3.8) is 0 Å². The first-order valence-electron chi connectivity index (χ1n) is 19.6. The van der Waals surface area contributed by atoms with Crippen molar-refractivity contribution >= 4 is 77.1 Å². The van der Waals surface area contributed by atoms with Gasteiger partial charge in [-0.1, -0.05) is 141 Å². The Morgan fingerprint density at radius 3 is 1.98 bits per heavy atom. The van der Waals surface area contributed by atoms with Gasteiger partial charge in [0.2, 0.25) is 5.95 Å². The SMILES string of the molecule is CC1(C)C(c2ccccc2)=Cc2ccc3nc(-n4c5ccc(-c6ccc7oc8ccccc8c7c6)cc5c5c6ccccc6ccc54)nc(-c4ccccc4)c3c21. The number of allylic oxidation sites excluding steroid dienone is 1. The van der Waals surface area contributed by atoms with E-state index in [0.29, 0.717) is 5.95 Å². The first-order chi connectivity index (χ1) is 28.0. The fourth-order valence-electron chi connectivity index (χ4n) is 9.55. The van der Waals surface area contributed by atoms with E-state index in [-0.39, 0.29) is 5.41 Å². The van der Waals surface area contributed by atoms with E-state index >= 15 is 0 Å². The van der Waals surface area contributed by atoms with Crippen LogP contribution in [0.4, 0.5) is 0 Å². The van der Waals surface area contributed by atoms with E-state index in [1.807, 2.05) is 12.1 Å². The number of furan rings is 1. The lowest BCUT2D eigenvalue weighted by Gasteiger charge is -2.27. The molecule has 268 valence electrons. The molecule has 11 aromatic rings. The largest absolute Gasteiger partial charge is 0.456 e. The van der Waals surface area contributed by atoms with Gasteiger partial charge in [0.05, 0.1) is 22.2 Å². The Kier molecular flexibility index (Phi) is 6.65. The van der Waals surface area contributed by atoms with Gasteiger partial charge in [-0.05, 0) is 92.7 Å². The molecule has 3 heterocycles. The fourth-order valence-corrected chi connectivity index (χ4v) is 9.55. The molecule has 0 amide bonds. The summed E-state index contributed by atoms with van der Waals surface area (Å²) < 4.78 is 8.45. The first-order valence-corrected chi connectivity index (χ1v) is 19.6. The van der Waals surface area contributed by atoms with E-state index in [1.165, 1.54) is 38.4 Å². The highest BCUT2D eigenvalue weighted by atomic mass is 16.3. The van der Waals surface area contributed by atoms with Crippen LogP contribution in [0.25, 0.3) is 105 Å². The third kappa shape index (κ3) is 4.68. The molecule has 0 saturated heterocycles. The van der Waals surface area contributed by atoms with Crippen molar-refractivity contribution in [1.29, 1.82) is 0 Å². The predicted molar refractivity (Wildman–Crippen MR) is 237 cm³/mol. The van der Waals surface area contributed by atoms with Crippen LogP contribution in [0.5, 0.6) is 0 Å². The summed E-state index contributed by atoms with van der Waals surface area (Å²) >= 11 is 0. The average molecular weight is 730 g/mol. The van der Waals surface area contributed by atoms with Crippen LogP contribution in [0.3, 0.4) is 0 Å². The van der Waals surface area contributed by atoms with Gasteiger partial charge >= 0.3 is 0 Å². The summed E-state index contributed by atoms with van der Waals surface area (Å²) in [5.41, 5.74) is 13.9. The van der Waals surface area contributed by atoms with E-state index in [9.17, 15) is 0 Å². The van der Waals surface area contributed by atoms with Crippen molar-refractivity contribution < 1.29 is 4.42 Å². The highest BCUT2D eigenvalue weighted by Crippen LogP contribution is 2.51. The highest BCUT2D eigenvalue weighted by molar-refractivity contribution is 6.22. The molecular weight excluding hydrogens is 695 g/mol. The monoisotopic (exact) mass is 729 g/mol. The molecular formula is C53H35N3O. The number of aromatic nitrogens is 3. The highest BCUT2D eigenvalue weighted by Gasteiger charge is 2.37. The molecule has 0 radical (unpaired) electrons. The number of fused-ring (bicyclic) bond motifs is 11. The minimum absolute atomic E-state index is 0.265. The third-order valence-corrected chi connectivity index (χ3v) is 12.2. The molecule has 4 nitrogen and oxygen atoms in total. The van der Waals surface area contributed by atoms with Gasteiger partial charge in [-0.3, -0.25) is 4.57 Å². The van der Waals surface area contributed by atoms with Crippen LogP contribution >= 0.6 is 0 Å². The number of para-hydroxylation sites is 1. The Hall–Kier alpha value is -7.30. The number of hydrogen-bond acceptors (Lipinski definition) is 3. The number of nitrogens with zero attached hydrogens (tertiary/aromatic N) is 3. The van der Waals surface area contributed by atoms with Crippen molar-refractivity contribution in [3.8, 4) is 28.3 Å². The molecule has 0 saturated carbocycles. The minimum Gasteiger partial charge on any atom is -0.456 e. The van der Waals surface area contributed by atoms with Crippen molar-refractivity contribution in [3.05, 3.63) is 187 Å². The van der Waals surface area contributed by atoms with E-state index in [2.05, 4.69) is 182 Å². The molecule has 0 unspecified atom stereocenters. The van der Waals surface area contributed by atoms with Crippen molar-refractivity contribution in [2.24, 2.45) is 0 Å². The molecule has 0 atom stereocenters. The van der Waals surface area contributed by atoms with Crippen LogP contribution in [-0.2, 0) is 5.41 Å². The summed E-state index contributed by atoms with van der Waals surface area (Å²) in [6.07, 6.45) is 2.36. The topological polar surface area (TPSA) is 43.9 Å². The molecule has 4 heteroatoms. The van der Waals surface area contributed by atoms with E-state index in [0.717, 1.165) is 71.6 Å². The zero-order chi connectivity index (χ0) is 37.8. The van der Waals surface area contributed by atoms with Crippen molar-refractivity contribution in [2.45, 2.75) is 19.3 Å². The number of benzene rings is 8. The molecule has 1 aliphatic rings. The molecule has 0 fully saturated rings. The predicted octanol–water partition coefficient (Wildman–Crippen LogP) is 13.9. The lowest BCUT2D eigenvalue weighted by molar-refractivity contribution is 0.669. The standard InChI is InChI=1S/C53H35N3O/c1-53(2)42(33-14-5-3-6-15-33)31-37-21-25-43-49(50(37)53)51(34-16-7-4-8-17-34)55-52(54-43)56-44-26-23-35(30-41(44)48-38-18-10-9-13-32(38)22-27-45(48)56)36-24-28-47-40(29-36)39-19-11-12-20-46(39)57-47/h3-31H,1-2H3. The Bertz CT molecular complexity index is 3480. The Morgan fingerprint density at radius 1 is 0.491 bits per heavy atom. The molecule has 0 aliphatic heterocycles. The summed E-state index contributed by atoms with van der Waals surface area (Å²) in [6, 6.07) is 60.5. The molecule has 3 aromatic heterocycles. The maximum atomic E-state index is 6.18. The van der Waals surface area contributed by atoms with Crippen LogP contribution in [-0.4, -0.2) is 14.5 Å². The van der Waals surface area contributed by atoms with Crippen LogP contribution in [0.15, 0.2) is 174 Å². The van der Waals surface area contributed by atoms with Gasteiger partial charge in [0.1, 0.15) is 11.2 Å². The van der Waals surface area contributed by atoms with Gasteiger partial charge in [0.25, 0.3) is 0 Å². The normalized spacial score (nSPS) is 13.7. The van der Waals surface area contributed by atoms with Crippen LogP contribution in [0.1, 0.15) is 30.5 Å². The van der Waals surface area contributed by atoms with Gasteiger partial charge < -0.3 is 4.42 Å². The second-order valence-corrected chi connectivity index (χ2v) is 15.8. The third-order valence-electron chi connectivity index (χ3n) is 12.2. The minimum atomic E-state index is -0.265. The summed E-state index contributed by atoms with van der Waals surface area (Å²) in [7, 11) is 0. The molecule has 1 aliphatic carbocycles. The van der Waals surface area contributed by atoms with Crippen LogP contribution in [0.2, 0.25) is 0 Å². The smallest absolute Gasteiger partial charge is 0.235 e. The van der Waals surface area contributed by atoms with Gasteiger partial charge in [-0.15, -0.1) is 0 Å². The summed E-state index contributed by atoms with van der Waals surface area (Å²) in [5, 5.41) is 8.10. The zero-order valence-corrected chi connectivity index (χ0v) is 31.5. The second-order valence-electron chi connectivity index (χ2n) is 15.8. The van der Waals surface area contributed by atoms with Gasteiger partial charge in [-0.2, -0.15) is 0 Å². The maximum absolute atomic E-state index is 6.18. The second kappa shape index (κ2) is 11.8. The van der Waals surface area contributed by atoms with Crippen LogP contribution in [0, 0.1) is 0 Å². The summed E-state index contributed by atoms with van der Waals surface area (Å²) in [5.74, 6) is 0.655. The van der Waals surface area contributed by atoms with Gasteiger partial charge in [0, 0.05) is 37.9 Å². The molecule has 0 N–H and O–H groups in total. The van der Waals surface area contributed by atoms with Crippen molar-refractivity contribution in [1.82, 2.24) is 14.5 Å².